The lowest BCUT2D eigenvalue weighted by atomic mass is 10.2. The number of amides is 4. The molecule has 0 spiro atoms. The lowest BCUT2D eigenvalue weighted by Gasteiger charge is -2.12. The Morgan fingerprint density at radius 2 is 1.93 bits per heavy atom. The predicted octanol–water partition coefficient (Wildman–Crippen LogP) is 1.30. The number of nitrogens with one attached hydrogen (secondary N) is 2. The van der Waals surface area contributed by atoms with Crippen molar-refractivity contribution in [3.05, 3.63) is 41.6 Å². The van der Waals surface area contributed by atoms with E-state index in [4.69, 9.17) is 4.74 Å². The normalized spacial score (nSPS) is 13.3. The molecule has 0 radical (unpaired) electrons. The van der Waals surface area contributed by atoms with Crippen molar-refractivity contribution in [3.8, 4) is 5.69 Å². The van der Waals surface area contributed by atoms with Gasteiger partial charge < -0.3 is 15.4 Å². The fourth-order valence-electron chi connectivity index (χ4n) is 2.93. The molecule has 1 fully saturated rings. The van der Waals surface area contributed by atoms with Crippen LogP contribution < -0.4 is 10.6 Å². The van der Waals surface area contributed by atoms with Gasteiger partial charge >= 0.3 is 12.0 Å². The lowest BCUT2D eigenvalue weighted by molar-refractivity contribution is -0.147. The van der Waals surface area contributed by atoms with Gasteiger partial charge in [-0.25, -0.2) is 9.48 Å². The quantitative estimate of drug-likeness (QED) is 0.497. The molecule has 158 valence electrons. The van der Waals surface area contributed by atoms with Crippen molar-refractivity contribution in [1.82, 2.24) is 20.0 Å². The number of hydrogen-bond donors (Lipinski definition) is 2. The topological polar surface area (TPSA) is 123 Å². The molecule has 10 nitrogen and oxygen atoms in total. The van der Waals surface area contributed by atoms with E-state index in [0.29, 0.717) is 5.82 Å². The summed E-state index contributed by atoms with van der Waals surface area (Å²) in [5, 5.41) is 9.47. The highest BCUT2D eigenvalue weighted by molar-refractivity contribution is 6.01. The van der Waals surface area contributed by atoms with Crippen LogP contribution in [0.2, 0.25) is 0 Å². The van der Waals surface area contributed by atoms with Gasteiger partial charge in [0.25, 0.3) is 5.91 Å². The Morgan fingerprint density at radius 3 is 2.60 bits per heavy atom. The molecule has 1 saturated heterocycles. The minimum Gasteiger partial charge on any atom is -0.456 e. The van der Waals surface area contributed by atoms with Crippen LogP contribution in [-0.4, -0.2) is 58.2 Å². The Balaban J connectivity index is 1.47. The number of benzene rings is 1. The van der Waals surface area contributed by atoms with Crippen LogP contribution in [0.3, 0.4) is 0 Å². The van der Waals surface area contributed by atoms with Gasteiger partial charge in [0.2, 0.25) is 5.91 Å². The molecule has 0 saturated carbocycles. The minimum absolute atomic E-state index is 0.00918. The molecule has 0 bridgehead atoms. The molecular weight excluding hydrogens is 390 g/mol. The Hall–Kier alpha value is -3.69. The standard InChI is InChI=1S/C20H23N5O5/c1-13-5-7-15(8-6-13)25-16(10-14(2)23-25)22-17(26)12-30-19(28)4-3-9-24-18(27)11-21-20(24)29/h5-8,10H,3-4,9,11-12H2,1-2H3,(H,21,29)(H,22,26). The maximum absolute atomic E-state index is 12.2. The SMILES string of the molecule is Cc1ccc(-n2nc(C)cc2NC(=O)COC(=O)CCCN2C(=O)CNC2=O)cc1. The first-order valence-electron chi connectivity index (χ1n) is 9.51. The number of nitrogens with zero attached hydrogens (tertiary/aromatic N) is 3. The fourth-order valence-corrected chi connectivity index (χ4v) is 2.93. The van der Waals surface area contributed by atoms with Crippen LogP contribution in [0.1, 0.15) is 24.1 Å². The molecule has 3 rings (SSSR count). The molecule has 4 amide bonds. The summed E-state index contributed by atoms with van der Waals surface area (Å²) in [4.78, 5) is 48.0. The van der Waals surface area contributed by atoms with Crippen LogP contribution >= 0.6 is 0 Å². The van der Waals surface area contributed by atoms with Crippen molar-refractivity contribution in [3.63, 3.8) is 0 Å². The van der Waals surface area contributed by atoms with E-state index >= 15 is 0 Å². The van der Waals surface area contributed by atoms with Gasteiger partial charge in [-0.3, -0.25) is 19.3 Å². The van der Waals surface area contributed by atoms with Crippen LogP contribution in [-0.2, 0) is 19.1 Å². The van der Waals surface area contributed by atoms with E-state index in [9.17, 15) is 19.2 Å². The van der Waals surface area contributed by atoms with E-state index < -0.39 is 24.5 Å². The second-order valence-corrected chi connectivity index (χ2v) is 6.93. The molecule has 0 unspecified atom stereocenters. The summed E-state index contributed by atoms with van der Waals surface area (Å²) < 4.78 is 6.58. The first-order valence-corrected chi connectivity index (χ1v) is 9.51. The number of urea groups is 1. The van der Waals surface area contributed by atoms with Crippen molar-refractivity contribution in [2.24, 2.45) is 0 Å². The molecule has 1 aliphatic rings. The van der Waals surface area contributed by atoms with Crippen LogP contribution in [0.4, 0.5) is 10.6 Å². The Kier molecular flexibility index (Phi) is 6.45. The van der Waals surface area contributed by atoms with Crippen LogP contribution in [0, 0.1) is 13.8 Å². The highest BCUT2D eigenvalue weighted by Crippen LogP contribution is 2.17. The van der Waals surface area contributed by atoms with E-state index in [1.54, 1.807) is 10.7 Å². The molecule has 10 heteroatoms. The number of rotatable bonds is 8. The number of aromatic nitrogens is 2. The Bertz CT molecular complexity index is 950. The molecule has 1 aliphatic heterocycles. The second-order valence-electron chi connectivity index (χ2n) is 6.93. The number of carbonyl (C=O) groups is 4. The van der Waals surface area contributed by atoms with Crippen LogP contribution in [0.5, 0.6) is 0 Å². The highest BCUT2D eigenvalue weighted by atomic mass is 16.5. The number of aryl methyl sites for hydroxylation is 2. The maximum atomic E-state index is 12.2. The predicted molar refractivity (Wildman–Crippen MR) is 107 cm³/mol. The van der Waals surface area contributed by atoms with Crippen LogP contribution in [0.15, 0.2) is 30.3 Å². The average Bonchev–Trinajstić information content (AvgIpc) is 3.23. The molecule has 30 heavy (non-hydrogen) atoms. The Labute approximate surface area is 173 Å². The van der Waals surface area contributed by atoms with Gasteiger partial charge in [0, 0.05) is 19.0 Å². The molecular formula is C20H23N5O5. The largest absolute Gasteiger partial charge is 0.456 e. The maximum Gasteiger partial charge on any atom is 0.324 e. The summed E-state index contributed by atoms with van der Waals surface area (Å²) in [6, 6.07) is 8.93. The van der Waals surface area contributed by atoms with Crippen molar-refractivity contribution < 1.29 is 23.9 Å². The van der Waals surface area contributed by atoms with Crippen LogP contribution in [0.25, 0.3) is 5.69 Å². The molecule has 0 atom stereocenters. The monoisotopic (exact) mass is 413 g/mol. The smallest absolute Gasteiger partial charge is 0.324 e. The van der Waals surface area contributed by atoms with E-state index in [-0.39, 0.29) is 31.8 Å². The van der Waals surface area contributed by atoms with Gasteiger partial charge in [0.05, 0.1) is 17.9 Å². The van der Waals surface area contributed by atoms with Gasteiger partial charge in [-0.15, -0.1) is 0 Å². The summed E-state index contributed by atoms with van der Waals surface area (Å²) in [5.41, 5.74) is 2.62. The molecule has 0 aliphatic carbocycles. The number of carbonyl (C=O) groups excluding carboxylic acids is 4. The number of anilines is 1. The molecule has 2 aromatic rings. The molecule has 2 N–H and O–H groups in total. The summed E-state index contributed by atoms with van der Waals surface area (Å²) in [6.45, 7) is 3.45. The van der Waals surface area contributed by atoms with E-state index in [2.05, 4.69) is 15.7 Å². The van der Waals surface area contributed by atoms with Crippen molar-refractivity contribution >= 4 is 29.6 Å². The zero-order valence-electron chi connectivity index (χ0n) is 16.8. The molecule has 1 aromatic carbocycles. The third-order valence-corrected chi connectivity index (χ3v) is 4.44. The zero-order valence-corrected chi connectivity index (χ0v) is 16.8. The third-order valence-electron chi connectivity index (χ3n) is 4.44. The van der Waals surface area contributed by atoms with Crippen molar-refractivity contribution in [2.45, 2.75) is 26.7 Å². The molecule has 2 heterocycles. The first kappa shape index (κ1) is 21.0. The second kappa shape index (κ2) is 9.21. The lowest BCUT2D eigenvalue weighted by Crippen LogP contribution is -2.32. The first-order chi connectivity index (χ1) is 14.3. The summed E-state index contributed by atoms with van der Waals surface area (Å²) >= 11 is 0. The van der Waals surface area contributed by atoms with Gasteiger partial charge in [0.1, 0.15) is 5.82 Å². The van der Waals surface area contributed by atoms with Gasteiger partial charge in [-0.2, -0.15) is 5.10 Å². The summed E-state index contributed by atoms with van der Waals surface area (Å²) in [7, 11) is 0. The summed E-state index contributed by atoms with van der Waals surface area (Å²) in [5.74, 6) is -0.935. The number of esters is 1. The van der Waals surface area contributed by atoms with E-state index in [1.165, 1.54) is 0 Å². The zero-order chi connectivity index (χ0) is 21.7. The number of imide groups is 1. The van der Waals surface area contributed by atoms with Gasteiger partial charge in [-0.1, -0.05) is 17.7 Å². The molecule has 1 aromatic heterocycles. The van der Waals surface area contributed by atoms with Gasteiger partial charge in [0.15, 0.2) is 6.61 Å². The summed E-state index contributed by atoms with van der Waals surface area (Å²) in [6.07, 6.45) is 0.254. The minimum atomic E-state index is -0.583. The third kappa shape index (κ3) is 5.22. The average molecular weight is 413 g/mol. The number of hydrogen-bond acceptors (Lipinski definition) is 6. The number of ether oxygens (including phenoxy) is 1. The fraction of sp³-hybridized carbons (Fsp3) is 0.350. The van der Waals surface area contributed by atoms with Gasteiger partial charge in [-0.05, 0) is 32.4 Å². The van der Waals surface area contributed by atoms with E-state index in [0.717, 1.165) is 21.8 Å². The highest BCUT2D eigenvalue weighted by Gasteiger charge is 2.27. The van der Waals surface area contributed by atoms with E-state index in [1.807, 2.05) is 38.1 Å². The van der Waals surface area contributed by atoms with Crippen molar-refractivity contribution in [2.75, 3.05) is 25.0 Å². The van der Waals surface area contributed by atoms with Crippen molar-refractivity contribution in [1.29, 1.82) is 0 Å². The Morgan fingerprint density at radius 1 is 1.20 bits per heavy atom.